The van der Waals surface area contributed by atoms with Gasteiger partial charge in [-0.2, -0.15) is 0 Å². The van der Waals surface area contributed by atoms with Crippen molar-refractivity contribution in [2.45, 2.75) is 45.4 Å². The van der Waals surface area contributed by atoms with Crippen LogP contribution in [0.3, 0.4) is 0 Å². The van der Waals surface area contributed by atoms with Crippen molar-refractivity contribution in [3.63, 3.8) is 0 Å². The van der Waals surface area contributed by atoms with Gasteiger partial charge in [0.1, 0.15) is 0 Å². The number of halogens is 1. The number of hydrogen-bond acceptors (Lipinski definition) is 0. The highest BCUT2D eigenvalue weighted by molar-refractivity contribution is 9.10. The molecule has 0 spiro atoms. The van der Waals surface area contributed by atoms with Crippen LogP contribution in [0.15, 0.2) is 40.9 Å². The van der Waals surface area contributed by atoms with E-state index in [4.69, 9.17) is 0 Å². The average Bonchev–Trinajstić information content (AvgIpc) is 2.42. The summed E-state index contributed by atoms with van der Waals surface area (Å²) in [4.78, 5) is 0. The summed E-state index contributed by atoms with van der Waals surface area (Å²) in [6.45, 7) is 4.61. The molecule has 0 saturated carbocycles. The Labute approximate surface area is 130 Å². The van der Waals surface area contributed by atoms with Gasteiger partial charge in [-0.05, 0) is 65.5 Å². The summed E-state index contributed by atoms with van der Waals surface area (Å²) >= 11 is 3.74. The summed E-state index contributed by atoms with van der Waals surface area (Å²) < 4.78 is 1.27. The first-order valence-electron chi connectivity index (χ1n) is 7.52. The molecule has 0 radical (unpaired) electrons. The van der Waals surface area contributed by atoms with Crippen molar-refractivity contribution in [2.75, 3.05) is 0 Å². The Morgan fingerprint density at radius 2 is 1.40 bits per heavy atom. The second kappa shape index (κ2) is 5.73. The van der Waals surface area contributed by atoms with Crippen molar-refractivity contribution >= 4 is 15.9 Å². The van der Waals surface area contributed by atoms with E-state index in [1.165, 1.54) is 32.3 Å². The summed E-state index contributed by atoms with van der Waals surface area (Å²) in [5, 5.41) is 0. The molecule has 4 aliphatic carbocycles. The molecule has 0 saturated heterocycles. The van der Waals surface area contributed by atoms with E-state index < -0.39 is 0 Å². The van der Waals surface area contributed by atoms with Gasteiger partial charge in [0, 0.05) is 4.47 Å². The highest BCUT2D eigenvalue weighted by atomic mass is 79.9. The van der Waals surface area contributed by atoms with E-state index in [0.717, 1.165) is 25.7 Å². The predicted molar refractivity (Wildman–Crippen MR) is 89.5 cm³/mol. The van der Waals surface area contributed by atoms with Gasteiger partial charge in [0.2, 0.25) is 0 Å². The Kier molecular flexibility index (Phi) is 3.98. The minimum atomic E-state index is 0.609. The number of benzene rings is 2. The molecule has 0 heterocycles. The van der Waals surface area contributed by atoms with E-state index in [0.29, 0.717) is 5.92 Å². The van der Waals surface area contributed by atoms with Crippen LogP contribution in [-0.4, -0.2) is 0 Å². The van der Waals surface area contributed by atoms with Gasteiger partial charge >= 0.3 is 0 Å². The molecule has 0 amide bonds. The van der Waals surface area contributed by atoms with E-state index >= 15 is 0 Å². The first-order valence-corrected chi connectivity index (χ1v) is 8.32. The molecule has 4 aliphatic rings. The van der Waals surface area contributed by atoms with Crippen molar-refractivity contribution in [1.29, 1.82) is 0 Å². The van der Waals surface area contributed by atoms with Crippen molar-refractivity contribution in [1.82, 2.24) is 0 Å². The normalized spacial score (nSPS) is 14.4. The zero-order valence-electron chi connectivity index (χ0n) is 12.2. The van der Waals surface area contributed by atoms with Crippen LogP contribution >= 0.6 is 15.9 Å². The highest BCUT2D eigenvalue weighted by Crippen LogP contribution is 2.27. The first-order chi connectivity index (χ1) is 9.63. The summed E-state index contributed by atoms with van der Waals surface area (Å²) in [5.41, 5.74) is 7.37. The van der Waals surface area contributed by atoms with Crippen LogP contribution in [0.1, 0.15) is 47.6 Å². The third-order valence-electron chi connectivity index (χ3n) is 4.32. The Bertz CT molecular complexity index is 626. The van der Waals surface area contributed by atoms with Gasteiger partial charge in [-0.15, -0.1) is 0 Å². The summed E-state index contributed by atoms with van der Waals surface area (Å²) in [7, 11) is 0. The number of hydrogen-bond donors (Lipinski definition) is 0. The van der Waals surface area contributed by atoms with E-state index in [2.05, 4.69) is 66.2 Å². The second-order valence-electron chi connectivity index (χ2n) is 6.11. The van der Waals surface area contributed by atoms with E-state index in [1.807, 2.05) is 0 Å². The van der Waals surface area contributed by atoms with Crippen LogP contribution in [0.4, 0.5) is 0 Å². The fourth-order valence-electron chi connectivity index (χ4n) is 3.07. The maximum atomic E-state index is 3.74. The van der Waals surface area contributed by atoms with Crippen LogP contribution in [0.25, 0.3) is 0 Å². The molecule has 0 aliphatic heterocycles. The molecule has 20 heavy (non-hydrogen) atoms. The fourth-order valence-corrected chi connectivity index (χ4v) is 3.70. The van der Waals surface area contributed by atoms with Crippen molar-refractivity contribution in [3.8, 4) is 0 Å². The maximum Gasteiger partial charge on any atom is 0.0210 e. The number of aryl methyl sites for hydroxylation is 4. The molecule has 4 bridgehead atoms. The summed E-state index contributed by atoms with van der Waals surface area (Å²) in [6, 6.07) is 14.0. The number of rotatable bonds is 1. The topological polar surface area (TPSA) is 0 Å². The molecule has 0 atom stereocenters. The minimum absolute atomic E-state index is 0.609. The standard InChI is InChI=1S/C19H21Br/c1-13(2)18-11-14-3-4-15-6-8-17(19(20)12-15)10-9-16(18)7-5-14/h5-8,11-13H,3-4,9-10H2,1-2H3. The first kappa shape index (κ1) is 13.9. The lowest BCUT2D eigenvalue weighted by atomic mass is 9.89. The average molecular weight is 329 g/mol. The monoisotopic (exact) mass is 328 g/mol. The van der Waals surface area contributed by atoms with Crippen LogP contribution < -0.4 is 0 Å². The zero-order valence-corrected chi connectivity index (χ0v) is 13.8. The smallest absolute Gasteiger partial charge is 0.0210 e. The van der Waals surface area contributed by atoms with Gasteiger partial charge in [-0.3, -0.25) is 0 Å². The van der Waals surface area contributed by atoms with Crippen molar-refractivity contribution < 1.29 is 0 Å². The molecule has 6 rings (SSSR count). The molecule has 0 N–H and O–H groups in total. The summed E-state index contributed by atoms with van der Waals surface area (Å²) in [6.07, 6.45) is 4.49. The van der Waals surface area contributed by atoms with Crippen LogP contribution in [0.2, 0.25) is 0 Å². The molecule has 1 heteroatoms. The van der Waals surface area contributed by atoms with E-state index in [1.54, 1.807) is 0 Å². The summed E-state index contributed by atoms with van der Waals surface area (Å²) in [5.74, 6) is 0.609. The van der Waals surface area contributed by atoms with E-state index in [9.17, 15) is 0 Å². The maximum absolute atomic E-state index is 3.74. The Hall–Kier alpha value is -1.08. The van der Waals surface area contributed by atoms with Crippen molar-refractivity contribution in [2.24, 2.45) is 0 Å². The van der Waals surface area contributed by atoms with Crippen LogP contribution in [0.5, 0.6) is 0 Å². The third kappa shape index (κ3) is 2.83. The Morgan fingerprint density at radius 1 is 0.800 bits per heavy atom. The molecule has 0 aromatic heterocycles. The molecular formula is C19H21Br. The minimum Gasteiger partial charge on any atom is -0.0587 e. The molecule has 2 aromatic carbocycles. The lowest BCUT2D eigenvalue weighted by molar-refractivity contribution is 0.817. The molecule has 0 fully saturated rings. The lowest BCUT2D eigenvalue weighted by Gasteiger charge is -2.17. The van der Waals surface area contributed by atoms with Crippen LogP contribution in [-0.2, 0) is 25.7 Å². The molecule has 0 nitrogen and oxygen atoms in total. The quantitative estimate of drug-likeness (QED) is 0.652. The van der Waals surface area contributed by atoms with Gasteiger partial charge < -0.3 is 0 Å². The molecule has 0 unspecified atom stereocenters. The van der Waals surface area contributed by atoms with E-state index in [-0.39, 0.29) is 0 Å². The van der Waals surface area contributed by atoms with Gasteiger partial charge in [0.05, 0.1) is 0 Å². The van der Waals surface area contributed by atoms with Crippen LogP contribution in [0, 0.1) is 0 Å². The Morgan fingerprint density at radius 3 is 2.05 bits per heavy atom. The highest BCUT2D eigenvalue weighted by Gasteiger charge is 2.11. The Balaban J connectivity index is 2.04. The molecule has 104 valence electrons. The van der Waals surface area contributed by atoms with Crippen molar-refractivity contribution in [3.05, 3.63) is 68.7 Å². The fraction of sp³-hybridized carbons (Fsp3) is 0.368. The third-order valence-corrected chi connectivity index (χ3v) is 5.05. The predicted octanol–water partition coefficient (Wildman–Crippen LogP) is 5.46. The lowest BCUT2D eigenvalue weighted by Crippen LogP contribution is -2.03. The largest absolute Gasteiger partial charge is 0.0587 e. The van der Waals surface area contributed by atoms with Gasteiger partial charge in [-0.1, -0.05) is 60.1 Å². The second-order valence-corrected chi connectivity index (χ2v) is 6.97. The van der Waals surface area contributed by atoms with Gasteiger partial charge in [-0.25, -0.2) is 0 Å². The SMILES string of the molecule is CC(C)c1cc2ccc1CCc1ccc(cc1Br)CC2. The van der Waals surface area contributed by atoms with Gasteiger partial charge in [0.25, 0.3) is 0 Å². The molecule has 2 aromatic rings. The zero-order chi connectivity index (χ0) is 14.1. The van der Waals surface area contributed by atoms with Gasteiger partial charge in [0.15, 0.2) is 0 Å². The molecular weight excluding hydrogens is 308 g/mol.